The highest BCUT2D eigenvalue weighted by Gasteiger charge is 2.16. The number of halogens is 1. The van der Waals surface area contributed by atoms with Crippen molar-refractivity contribution in [2.45, 2.75) is 20.0 Å². The fraction of sp³-hybridized carbons (Fsp3) is 0.650. The minimum absolute atomic E-state index is 0.0585. The molecular weight excluding hydrogens is 345 g/mol. The molecule has 2 N–H and O–H groups in total. The Labute approximate surface area is 162 Å². The second kappa shape index (κ2) is 11.1. The van der Waals surface area contributed by atoms with E-state index in [1.54, 1.807) is 19.2 Å². The molecule has 1 saturated heterocycles. The second-order valence-corrected chi connectivity index (χ2v) is 7.43. The van der Waals surface area contributed by atoms with Gasteiger partial charge in [0.1, 0.15) is 17.7 Å². The van der Waals surface area contributed by atoms with E-state index >= 15 is 0 Å². The van der Waals surface area contributed by atoms with Crippen LogP contribution < -0.4 is 15.4 Å². The predicted molar refractivity (Wildman–Crippen MR) is 109 cm³/mol. The standard InChI is InChI=1S/C20H34FN5O/c1-16(15-26-11-9-25(4)10-12-26)13-23-20(22-3)24-14-17(2)27-19-7-5-18(21)6-8-19/h5-8,16-17H,9-15H2,1-4H3,(H2,22,23,24). The number of hydrogen-bond acceptors (Lipinski definition) is 4. The fourth-order valence-electron chi connectivity index (χ4n) is 3.05. The average Bonchev–Trinajstić information content (AvgIpc) is 2.65. The van der Waals surface area contributed by atoms with Crippen molar-refractivity contribution in [3.8, 4) is 5.75 Å². The van der Waals surface area contributed by atoms with Crippen LogP contribution in [0.3, 0.4) is 0 Å². The molecule has 1 aliphatic heterocycles. The lowest BCUT2D eigenvalue weighted by Crippen LogP contribution is -2.48. The van der Waals surface area contributed by atoms with E-state index in [0.29, 0.717) is 18.2 Å². The van der Waals surface area contributed by atoms with E-state index in [2.05, 4.69) is 39.4 Å². The van der Waals surface area contributed by atoms with Crippen molar-refractivity contribution in [2.24, 2.45) is 10.9 Å². The highest BCUT2D eigenvalue weighted by molar-refractivity contribution is 5.79. The average molecular weight is 380 g/mol. The molecule has 0 spiro atoms. The van der Waals surface area contributed by atoms with Gasteiger partial charge in [-0.3, -0.25) is 4.99 Å². The lowest BCUT2D eigenvalue weighted by atomic mass is 10.1. The van der Waals surface area contributed by atoms with Crippen LogP contribution in [-0.2, 0) is 0 Å². The van der Waals surface area contributed by atoms with Crippen molar-refractivity contribution in [3.05, 3.63) is 30.1 Å². The monoisotopic (exact) mass is 379 g/mol. The molecule has 2 atom stereocenters. The van der Waals surface area contributed by atoms with Gasteiger partial charge < -0.3 is 25.2 Å². The van der Waals surface area contributed by atoms with E-state index in [9.17, 15) is 4.39 Å². The summed E-state index contributed by atoms with van der Waals surface area (Å²) in [6, 6.07) is 6.08. The van der Waals surface area contributed by atoms with E-state index in [0.717, 1.165) is 45.2 Å². The van der Waals surface area contributed by atoms with Crippen LogP contribution >= 0.6 is 0 Å². The SMILES string of the molecule is CN=C(NCC(C)CN1CCN(C)CC1)NCC(C)Oc1ccc(F)cc1. The minimum Gasteiger partial charge on any atom is -0.489 e. The van der Waals surface area contributed by atoms with Gasteiger partial charge in [0.15, 0.2) is 5.96 Å². The number of likely N-dealkylation sites (N-methyl/N-ethyl adjacent to an activating group) is 1. The number of rotatable bonds is 8. The lowest BCUT2D eigenvalue weighted by Gasteiger charge is -2.34. The molecule has 1 aromatic rings. The van der Waals surface area contributed by atoms with E-state index in [1.807, 2.05) is 6.92 Å². The molecule has 1 fully saturated rings. The van der Waals surface area contributed by atoms with Crippen LogP contribution in [0.25, 0.3) is 0 Å². The lowest BCUT2D eigenvalue weighted by molar-refractivity contribution is 0.139. The summed E-state index contributed by atoms with van der Waals surface area (Å²) in [6.07, 6.45) is -0.0585. The number of hydrogen-bond donors (Lipinski definition) is 2. The number of ether oxygens (including phenoxy) is 1. The number of aliphatic imine (C=N–C) groups is 1. The molecule has 1 aliphatic rings. The molecule has 2 rings (SSSR count). The maximum atomic E-state index is 12.9. The third-order valence-corrected chi connectivity index (χ3v) is 4.72. The van der Waals surface area contributed by atoms with Crippen molar-refractivity contribution in [1.29, 1.82) is 0 Å². The van der Waals surface area contributed by atoms with Crippen LogP contribution in [0, 0.1) is 11.7 Å². The minimum atomic E-state index is -0.261. The molecule has 0 aliphatic carbocycles. The molecule has 2 unspecified atom stereocenters. The van der Waals surface area contributed by atoms with Crippen LogP contribution in [0.15, 0.2) is 29.3 Å². The maximum absolute atomic E-state index is 12.9. The van der Waals surface area contributed by atoms with Gasteiger partial charge >= 0.3 is 0 Å². The Morgan fingerprint density at radius 2 is 1.74 bits per heavy atom. The number of nitrogens with zero attached hydrogens (tertiary/aromatic N) is 3. The van der Waals surface area contributed by atoms with Crippen molar-refractivity contribution < 1.29 is 9.13 Å². The molecule has 0 radical (unpaired) electrons. The first-order chi connectivity index (χ1) is 13.0. The Balaban J connectivity index is 1.65. The molecular formula is C20H34FN5O. The highest BCUT2D eigenvalue weighted by Crippen LogP contribution is 2.12. The zero-order valence-electron chi connectivity index (χ0n) is 17.0. The molecule has 0 amide bonds. The van der Waals surface area contributed by atoms with Gasteiger partial charge in [-0.25, -0.2) is 4.39 Å². The number of benzene rings is 1. The van der Waals surface area contributed by atoms with E-state index in [-0.39, 0.29) is 11.9 Å². The number of nitrogens with one attached hydrogen (secondary N) is 2. The van der Waals surface area contributed by atoms with Crippen LogP contribution in [0.2, 0.25) is 0 Å². The first kappa shape index (κ1) is 21.4. The third kappa shape index (κ3) is 8.13. The largest absolute Gasteiger partial charge is 0.489 e. The Hall–Kier alpha value is -1.86. The van der Waals surface area contributed by atoms with Crippen LogP contribution in [0.4, 0.5) is 4.39 Å². The van der Waals surface area contributed by atoms with Crippen LogP contribution in [-0.4, -0.2) is 81.8 Å². The van der Waals surface area contributed by atoms with Gasteiger partial charge in [-0.2, -0.15) is 0 Å². The summed E-state index contributed by atoms with van der Waals surface area (Å²) in [7, 11) is 3.95. The summed E-state index contributed by atoms with van der Waals surface area (Å²) in [4.78, 5) is 9.18. The summed E-state index contributed by atoms with van der Waals surface area (Å²) in [5.74, 6) is 1.72. The molecule has 0 saturated carbocycles. The molecule has 1 heterocycles. The Bertz CT molecular complexity index is 572. The van der Waals surface area contributed by atoms with Crippen molar-refractivity contribution in [2.75, 3.05) is 59.9 Å². The van der Waals surface area contributed by atoms with Crippen LogP contribution in [0.1, 0.15) is 13.8 Å². The summed E-state index contributed by atoms with van der Waals surface area (Å²) in [6.45, 7) is 11.4. The molecule has 7 heteroatoms. The molecule has 1 aromatic carbocycles. The maximum Gasteiger partial charge on any atom is 0.191 e. The molecule has 152 valence electrons. The first-order valence-electron chi connectivity index (χ1n) is 9.74. The van der Waals surface area contributed by atoms with E-state index < -0.39 is 0 Å². The topological polar surface area (TPSA) is 52.1 Å². The van der Waals surface area contributed by atoms with Crippen LogP contribution in [0.5, 0.6) is 5.75 Å². The van der Waals surface area contributed by atoms with E-state index in [4.69, 9.17) is 4.74 Å². The molecule has 6 nitrogen and oxygen atoms in total. The van der Waals surface area contributed by atoms with Gasteiger partial charge in [0.2, 0.25) is 0 Å². The Morgan fingerprint density at radius 3 is 2.37 bits per heavy atom. The second-order valence-electron chi connectivity index (χ2n) is 7.43. The fourth-order valence-corrected chi connectivity index (χ4v) is 3.05. The summed E-state index contributed by atoms with van der Waals surface area (Å²) < 4.78 is 18.7. The molecule has 27 heavy (non-hydrogen) atoms. The zero-order chi connectivity index (χ0) is 19.6. The van der Waals surface area contributed by atoms with Gasteiger partial charge in [0, 0.05) is 46.3 Å². The van der Waals surface area contributed by atoms with Crippen molar-refractivity contribution in [3.63, 3.8) is 0 Å². The quantitative estimate of drug-likeness (QED) is 0.531. The third-order valence-electron chi connectivity index (χ3n) is 4.72. The number of guanidine groups is 1. The molecule has 0 bridgehead atoms. The summed E-state index contributed by atoms with van der Waals surface area (Å²) in [5.41, 5.74) is 0. The first-order valence-corrected chi connectivity index (χ1v) is 9.74. The van der Waals surface area contributed by atoms with Crippen molar-refractivity contribution in [1.82, 2.24) is 20.4 Å². The van der Waals surface area contributed by atoms with E-state index in [1.165, 1.54) is 12.1 Å². The summed E-state index contributed by atoms with van der Waals surface area (Å²) in [5, 5.41) is 6.68. The predicted octanol–water partition coefficient (Wildman–Crippen LogP) is 1.64. The van der Waals surface area contributed by atoms with Gasteiger partial charge in [-0.15, -0.1) is 0 Å². The van der Waals surface area contributed by atoms with Gasteiger partial charge in [-0.05, 0) is 44.2 Å². The zero-order valence-corrected chi connectivity index (χ0v) is 17.0. The molecule has 0 aromatic heterocycles. The number of piperazine rings is 1. The van der Waals surface area contributed by atoms with Gasteiger partial charge in [0.05, 0.1) is 6.54 Å². The summed E-state index contributed by atoms with van der Waals surface area (Å²) >= 11 is 0. The van der Waals surface area contributed by atoms with Gasteiger partial charge in [-0.1, -0.05) is 6.92 Å². The highest BCUT2D eigenvalue weighted by atomic mass is 19.1. The van der Waals surface area contributed by atoms with Crippen molar-refractivity contribution >= 4 is 5.96 Å². The smallest absolute Gasteiger partial charge is 0.191 e. The Morgan fingerprint density at radius 1 is 1.11 bits per heavy atom. The van der Waals surface area contributed by atoms with Gasteiger partial charge in [0.25, 0.3) is 0 Å². The normalized spacial score (nSPS) is 18.8. The Kier molecular flexibility index (Phi) is 8.81.